The molecule has 2 heterocycles. The highest BCUT2D eigenvalue weighted by atomic mass is 35.5. The number of carbonyl (C=O) groups excluding carboxylic acids is 3. The third-order valence-corrected chi connectivity index (χ3v) is 6.55. The van der Waals surface area contributed by atoms with Crippen molar-refractivity contribution in [2.75, 3.05) is 23.8 Å². The van der Waals surface area contributed by atoms with Crippen molar-refractivity contribution in [3.05, 3.63) is 78.1 Å². The molecule has 10 nitrogen and oxygen atoms in total. The molecule has 0 aliphatic rings. The molecule has 37 heavy (non-hydrogen) atoms. The van der Waals surface area contributed by atoms with Crippen LogP contribution < -0.4 is 21.9 Å². The van der Waals surface area contributed by atoms with Gasteiger partial charge in [0.25, 0.3) is 11.5 Å². The molecule has 1 amide bonds. The van der Waals surface area contributed by atoms with Gasteiger partial charge < -0.3 is 15.4 Å². The molecule has 3 aromatic rings. The number of hydrogen-bond acceptors (Lipinski definition) is 8. The highest BCUT2D eigenvalue weighted by molar-refractivity contribution is 7.18. The van der Waals surface area contributed by atoms with Crippen LogP contribution in [0.3, 0.4) is 0 Å². The molecule has 2 aromatic heterocycles. The van der Waals surface area contributed by atoms with E-state index in [-0.39, 0.29) is 49.1 Å². The van der Waals surface area contributed by atoms with Crippen LogP contribution in [0.4, 0.5) is 11.5 Å². The zero-order valence-corrected chi connectivity index (χ0v) is 21.9. The average molecular weight is 547 g/mol. The summed E-state index contributed by atoms with van der Waals surface area (Å²) >= 11 is 6.94. The molecule has 0 aliphatic carbocycles. The number of aromatic amines is 1. The van der Waals surface area contributed by atoms with E-state index in [1.54, 1.807) is 36.4 Å². The molecular weight excluding hydrogens is 520 g/mol. The fourth-order valence-electron chi connectivity index (χ4n) is 3.54. The molecule has 196 valence electrons. The number of anilines is 2. The van der Waals surface area contributed by atoms with E-state index in [1.165, 1.54) is 4.57 Å². The van der Waals surface area contributed by atoms with Gasteiger partial charge in [-0.25, -0.2) is 4.79 Å². The van der Waals surface area contributed by atoms with Crippen LogP contribution in [-0.4, -0.2) is 40.4 Å². The summed E-state index contributed by atoms with van der Waals surface area (Å²) in [6, 6.07) is 12.2. The van der Waals surface area contributed by atoms with E-state index in [4.69, 9.17) is 22.1 Å². The predicted molar refractivity (Wildman–Crippen MR) is 142 cm³/mol. The Hall–Kier alpha value is -3.70. The number of H-pyrrole nitrogens is 1. The van der Waals surface area contributed by atoms with Crippen LogP contribution in [0.1, 0.15) is 41.9 Å². The number of benzene rings is 1. The number of hydrogen-bond donors (Lipinski definition) is 2. The van der Waals surface area contributed by atoms with E-state index in [2.05, 4.69) is 4.98 Å². The lowest BCUT2D eigenvalue weighted by Crippen LogP contribution is -2.44. The Kier molecular flexibility index (Phi) is 9.42. The molecule has 12 heteroatoms. The number of rotatable bonds is 11. The van der Waals surface area contributed by atoms with E-state index in [9.17, 15) is 24.0 Å². The van der Waals surface area contributed by atoms with Crippen molar-refractivity contribution in [2.45, 2.75) is 33.2 Å². The van der Waals surface area contributed by atoms with E-state index in [1.807, 2.05) is 19.9 Å². The van der Waals surface area contributed by atoms with Gasteiger partial charge in [-0.2, -0.15) is 0 Å². The van der Waals surface area contributed by atoms with Gasteiger partial charge >= 0.3 is 11.7 Å². The summed E-state index contributed by atoms with van der Waals surface area (Å²) in [5.74, 6) is -1.96. The lowest BCUT2D eigenvalue weighted by atomic mass is 10.2. The molecule has 0 fully saturated rings. The first kappa shape index (κ1) is 27.9. The molecule has 0 saturated carbocycles. The van der Waals surface area contributed by atoms with Crippen LogP contribution in [0.5, 0.6) is 0 Å². The van der Waals surface area contributed by atoms with E-state index in [0.717, 1.165) is 21.8 Å². The van der Waals surface area contributed by atoms with Gasteiger partial charge in [-0.1, -0.05) is 55.8 Å². The maximum Gasteiger partial charge on any atom is 0.330 e. The molecule has 3 rings (SSSR count). The maximum absolute atomic E-state index is 13.1. The Morgan fingerprint density at radius 3 is 2.43 bits per heavy atom. The number of halogens is 1. The first-order valence-electron chi connectivity index (χ1n) is 11.5. The lowest BCUT2D eigenvalue weighted by Gasteiger charge is -2.26. The Balaban J connectivity index is 1.75. The SMILES string of the molecule is CC(C)CN(C(=O)COC(=O)CCC(=O)c1ccc(Cl)s1)c1c(N)n(Cc2ccccc2)c(=O)[nH]c1=O. The number of ketones is 1. The zero-order valence-electron chi connectivity index (χ0n) is 20.4. The van der Waals surface area contributed by atoms with Crippen molar-refractivity contribution in [3.8, 4) is 0 Å². The first-order chi connectivity index (χ1) is 17.6. The fraction of sp³-hybridized carbons (Fsp3) is 0.320. The number of amides is 1. The number of nitrogens with two attached hydrogens (primary N) is 1. The van der Waals surface area contributed by atoms with Gasteiger partial charge in [-0.3, -0.25) is 28.7 Å². The van der Waals surface area contributed by atoms with Crippen molar-refractivity contribution in [1.82, 2.24) is 9.55 Å². The monoisotopic (exact) mass is 546 g/mol. The van der Waals surface area contributed by atoms with Gasteiger partial charge in [0.1, 0.15) is 5.82 Å². The summed E-state index contributed by atoms with van der Waals surface area (Å²) in [5, 5.41) is 0. The van der Waals surface area contributed by atoms with Gasteiger partial charge in [-0.15, -0.1) is 11.3 Å². The second-order valence-corrected chi connectivity index (χ2v) is 10.4. The molecule has 0 unspecified atom stereocenters. The Labute approximate surface area is 221 Å². The number of nitrogen functional groups attached to an aromatic ring is 1. The highest BCUT2D eigenvalue weighted by Gasteiger charge is 2.26. The van der Waals surface area contributed by atoms with Crippen molar-refractivity contribution in [2.24, 2.45) is 5.92 Å². The molecule has 0 radical (unpaired) electrons. The van der Waals surface area contributed by atoms with Crippen molar-refractivity contribution >= 4 is 52.1 Å². The Morgan fingerprint density at radius 1 is 1.11 bits per heavy atom. The number of carbonyl (C=O) groups is 3. The van der Waals surface area contributed by atoms with E-state index >= 15 is 0 Å². The maximum atomic E-state index is 13.1. The standard InChI is InChI=1S/C25H27ClN4O6S/c1-15(2)12-29(20(32)14-36-21(33)11-8-17(31)18-9-10-19(26)37-18)22-23(27)30(25(35)28-24(22)34)13-16-6-4-3-5-7-16/h3-7,9-10,15H,8,11-14,27H2,1-2H3,(H,28,34,35). The number of thiophene rings is 1. The van der Waals surface area contributed by atoms with Gasteiger partial charge in [0, 0.05) is 13.0 Å². The second kappa shape index (κ2) is 12.5. The van der Waals surface area contributed by atoms with Gasteiger partial charge in [0.2, 0.25) is 0 Å². The topological polar surface area (TPSA) is 145 Å². The second-order valence-electron chi connectivity index (χ2n) is 8.65. The summed E-state index contributed by atoms with van der Waals surface area (Å²) in [5.41, 5.74) is 5.27. The van der Waals surface area contributed by atoms with Crippen molar-refractivity contribution in [1.29, 1.82) is 0 Å². The largest absolute Gasteiger partial charge is 0.456 e. The van der Waals surface area contributed by atoms with Crippen LogP contribution in [-0.2, 0) is 20.9 Å². The van der Waals surface area contributed by atoms with Gasteiger partial charge in [-0.05, 0) is 23.6 Å². The van der Waals surface area contributed by atoms with Crippen LogP contribution >= 0.6 is 22.9 Å². The minimum Gasteiger partial charge on any atom is -0.456 e. The van der Waals surface area contributed by atoms with E-state index < -0.39 is 29.7 Å². The van der Waals surface area contributed by atoms with Crippen LogP contribution in [0.25, 0.3) is 0 Å². The number of nitrogens with one attached hydrogen (secondary N) is 1. The molecule has 0 aliphatic heterocycles. The third kappa shape index (κ3) is 7.40. The van der Waals surface area contributed by atoms with Gasteiger partial charge in [0.15, 0.2) is 18.1 Å². The smallest absolute Gasteiger partial charge is 0.330 e. The molecule has 0 saturated heterocycles. The normalized spacial score (nSPS) is 10.9. The summed E-state index contributed by atoms with van der Waals surface area (Å²) in [7, 11) is 0. The number of esters is 1. The average Bonchev–Trinajstić information content (AvgIpc) is 3.29. The number of aromatic nitrogens is 2. The zero-order chi connectivity index (χ0) is 27.1. The minimum absolute atomic E-state index is 0.0804. The van der Waals surface area contributed by atoms with Crippen molar-refractivity contribution in [3.63, 3.8) is 0 Å². The summed E-state index contributed by atoms with van der Waals surface area (Å²) in [4.78, 5) is 66.5. The number of ether oxygens (including phenoxy) is 1. The number of Topliss-reactive ketones (excluding diaryl/α,β-unsaturated/α-hetero) is 1. The van der Waals surface area contributed by atoms with Crippen LogP contribution in [0, 0.1) is 5.92 Å². The fourth-order valence-corrected chi connectivity index (χ4v) is 4.55. The molecular formula is C25H27ClN4O6S. The summed E-state index contributed by atoms with van der Waals surface area (Å²) in [6.45, 7) is 3.17. The molecule has 1 aromatic carbocycles. The molecule has 0 bridgehead atoms. The quantitative estimate of drug-likeness (QED) is 0.278. The molecule has 3 N–H and O–H groups in total. The highest BCUT2D eigenvalue weighted by Crippen LogP contribution is 2.23. The third-order valence-electron chi connectivity index (χ3n) is 5.28. The molecule has 0 spiro atoms. The number of nitrogens with zero attached hydrogens (tertiary/aromatic N) is 2. The van der Waals surface area contributed by atoms with E-state index in [0.29, 0.717) is 9.21 Å². The van der Waals surface area contributed by atoms with Crippen LogP contribution in [0.2, 0.25) is 4.34 Å². The lowest BCUT2D eigenvalue weighted by molar-refractivity contribution is -0.147. The van der Waals surface area contributed by atoms with Crippen LogP contribution in [0.15, 0.2) is 52.1 Å². The minimum atomic E-state index is -0.827. The van der Waals surface area contributed by atoms with Crippen molar-refractivity contribution < 1.29 is 19.1 Å². The van der Waals surface area contributed by atoms with Gasteiger partial charge in [0.05, 0.1) is 22.2 Å². The summed E-state index contributed by atoms with van der Waals surface area (Å²) < 4.78 is 6.71. The first-order valence-corrected chi connectivity index (χ1v) is 12.7. The Bertz CT molecular complexity index is 1400. The summed E-state index contributed by atoms with van der Waals surface area (Å²) in [6.07, 6.45) is -0.326. The molecule has 0 atom stereocenters. The predicted octanol–water partition coefficient (Wildman–Crippen LogP) is 3.08. The Morgan fingerprint density at radius 2 is 1.81 bits per heavy atom.